The summed E-state index contributed by atoms with van der Waals surface area (Å²) in [5, 5.41) is 13.5. The van der Waals surface area contributed by atoms with Crippen molar-refractivity contribution >= 4 is 10.9 Å². The van der Waals surface area contributed by atoms with Gasteiger partial charge >= 0.3 is 0 Å². The molecule has 8 nitrogen and oxygen atoms in total. The number of fused-ring (bicyclic) bond motifs is 1. The fourth-order valence-corrected chi connectivity index (χ4v) is 4.52. The number of H-pyrrole nitrogens is 1. The third-order valence-corrected chi connectivity index (χ3v) is 6.32. The Morgan fingerprint density at radius 3 is 2.69 bits per heavy atom. The van der Waals surface area contributed by atoms with Crippen LogP contribution in [0.5, 0.6) is 0 Å². The monoisotopic (exact) mass is 486 g/mol. The number of hydrogen-bond donors (Lipinski definition) is 1. The molecule has 5 aromatic rings. The summed E-state index contributed by atoms with van der Waals surface area (Å²) in [5.41, 5.74) is 3.34. The highest BCUT2D eigenvalue weighted by Gasteiger charge is 2.27. The minimum Gasteiger partial charge on any atom is -0.468 e. The second-order valence-corrected chi connectivity index (χ2v) is 8.94. The minimum atomic E-state index is -0.289. The number of rotatable bonds is 9. The van der Waals surface area contributed by atoms with Gasteiger partial charge in [0.1, 0.15) is 11.6 Å². The van der Waals surface area contributed by atoms with Crippen LogP contribution in [0, 0.1) is 12.7 Å². The number of pyridine rings is 1. The summed E-state index contributed by atoms with van der Waals surface area (Å²) in [4.78, 5) is 18.2. The molecule has 0 aliphatic rings. The zero-order chi connectivity index (χ0) is 25.1. The van der Waals surface area contributed by atoms with Crippen LogP contribution in [0.1, 0.15) is 47.7 Å². The van der Waals surface area contributed by atoms with Crippen LogP contribution in [0.3, 0.4) is 0 Å². The number of nitrogens with zero attached hydrogens (tertiary/aromatic N) is 5. The quantitative estimate of drug-likeness (QED) is 0.323. The van der Waals surface area contributed by atoms with Gasteiger partial charge in [-0.25, -0.2) is 9.07 Å². The first-order chi connectivity index (χ1) is 17.5. The first-order valence-electron chi connectivity index (χ1n) is 11.9. The lowest BCUT2D eigenvalue weighted by molar-refractivity contribution is 0.149. The van der Waals surface area contributed by atoms with Crippen molar-refractivity contribution in [1.82, 2.24) is 30.1 Å². The van der Waals surface area contributed by atoms with Crippen LogP contribution in [-0.2, 0) is 19.6 Å². The molecule has 0 spiro atoms. The Balaban J connectivity index is 1.50. The highest BCUT2D eigenvalue weighted by molar-refractivity contribution is 5.79. The van der Waals surface area contributed by atoms with Gasteiger partial charge in [0.15, 0.2) is 5.82 Å². The number of furan rings is 1. The maximum atomic E-state index is 13.4. The zero-order valence-corrected chi connectivity index (χ0v) is 20.2. The Hall–Kier alpha value is -4.11. The first kappa shape index (κ1) is 23.6. The van der Waals surface area contributed by atoms with Crippen LogP contribution >= 0.6 is 0 Å². The van der Waals surface area contributed by atoms with Crippen LogP contribution in [-0.4, -0.2) is 30.1 Å². The van der Waals surface area contributed by atoms with E-state index in [1.165, 1.54) is 12.1 Å². The van der Waals surface area contributed by atoms with Gasteiger partial charge in [-0.05, 0) is 77.2 Å². The second-order valence-electron chi connectivity index (χ2n) is 8.94. The average molecular weight is 487 g/mol. The Bertz CT molecular complexity index is 1510. The summed E-state index contributed by atoms with van der Waals surface area (Å²) < 4.78 is 20.8. The summed E-state index contributed by atoms with van der Waals surface area (Å²) in [6.07, 6.45) is 2.34. The summed E-state index contributed by atoms with van der Waals surface area (Å²) in [6, 6.07) is 17.8. The lowest BCUT2D eigenvalue weighted by Gasteiger charge is -2.29. The van der Waals surface area contributed by atoms with Gasteiger partial charge in [-0.1, -0.05) is 30.7 Å². The van der Waals surface area contributed by atoms with E-state index in [-0.39, 0.29) is 17.4 Å². The Kier molecular flexibility index (Phi) is 6.73. The fraction of sp³-hybridized carbons (Fsp3) is 0.259. The van der Waals surface area contributed by atoms with E-state index in [1.54, 1.807) is 23.1 Å². The van der Waals surface area contributed by atoms with E-state index in [9.17, 15) is 9.18 Å². The molecule has 5 rings (SSSR count). The molecule has 0 fully saturated rings. The number of hydrogen-bond acceptors (Lipinski definition) is 6. The molecule has 36 heavy (non-hydrogen) atoms. The minimum absolute atomic E-state index is 0.128. The van der Waals surface area contributed by atoms with Crippen molar-refractivity contribution in [2.24, 2.45) is 0 Å². The van der Waals surface area contributed by atoms with Gasteiger partial charge in [-0.15, -0.1) is 5.10 Å². The SMILES string of the molecule is CC[C@H](c1nnnn1Cc1ccc(F)cc1)N(Cc1ccco1)Cc1cc2cc(C)ccc2[nH]c1=O. The maximum absolute atomic E-state index is 13.4. The van der Waals surface area contributed by atoms with Gasteiger partial charge in [0.05, 0.1) is 25.4 Å². The normalized spacial score (nSPS) is 12.4. The second kappa shape index (κ2) is 10.2. The van der Waals surface area contributed by atoms with Crippen LogP contribution in [0.15, 0.2) is 76.1 Å². The number of halogens is 1. The van der Waals surface area contributed by atoms with Crippen LogP contribution in [0.2, 0.25) is 0 Å². The standard InChI is InChI=1S/C27H27FN6O2/c1-3-25(26-30-31-32-34(26)15-19-7-9-22(28)10-8-19)33(17-23-5-4-12-36-23)16-21-14-20-13-18(2)6-11-24(20)29-27(21)35/h4-14,25H,3,15-17H2,1-2H3,(H,29,35)/t25-/m1/s1. The van der Waals surface area contributed by atoms with Gasteiger partial charge in [-0.3, -0.25) is 9.69 Å². The number of aromatic nitrogens is 5. The number of benzene rings is 2. The molecule has 0 amide bonds. The predicted octanol–water partition coefficient (Wildman–Crippen LogP) is 4.76. The van der Waals surface area contributed by atoms with E-state index in [0.717, 1.165) is 27.8 Å². The van der Waals surface area contributed by atoms with Crippen molar-refractivity contribution < 1.29 is 8.81 Å². The molecule has 2 aromatic carbocycles. The smallest absolute Gasteiger partial charge is 0.252 e. The van der Waals surface area contributed by atoms with E-state index >= 15 is 0 Å². The lowest BCUT2D eigenvalue weighted by Crippen LogP contribution is -2.32. The van der Waals surface area contributed by atoms with E-state index in [1.807, 2.05) is 37.3 Å². The number of nitrogens with one attached hydrogen (secondary N) is 1. The molecule has 3 aromatic heterocycles. The highest BCUT2D eigenvalue weighted by Crippen LogP contribution is 2.27. The van der Waals surface area contributed by atoms with E-state index < -0.39 is 0 Å². The molecule has 9 heteroatoms. The topological polar surface area (TPSA) is 92.8 Å². The van der Waals surface area contributed by atoms with Crippen molar-refractivity contribution in [3.8, 4) is 0 Å². The molecule has 0 aliphatic carbocycles. The van der Waals surface area contributed by atoms with Crippen molar-refractivity contribution in [2.45, 2.75) is 45.9 Å². The van der Waals surface area contributed by atoms with Gasteiger partial charge in [0.25, 0.3) is 5.56 Å². The Morgan fingerprint density at radius 1 is 1.11 bits per heavy atom. The van der Waals surface area contributed by atoms with Crippen LogP contribution < -0.4 is 5.56 Å². The molecule has 184 valence electrons. The molecular formula is C27H27FN6O2. The van der Waals surface area contributed by atoms with E-state index in [2.05, 4.69) is 38.4 Å². The molecule has 0 radical (unpaired) electrons. The molecule has 1 N–H and O–H groups in total. The van der Waals surface area contributed by atoms with E-state index in [4.69, 9.17) is 4.42 Å². The van der Waals surface area contributed by atoms with Gasteiger partial charge in [0.2, 0.25) is 0 Å². The maximum Gasteiger partial charge on any atom is 0.252 e. The van der Waals surface area contributed by atoms with Gasteiger partial charge < -0.3 is 9.40 Å². The van der Waals surface area contributed by atoms with Crippen molar-refractivity contribution in [3.63, 3.8) is 0 Å². The van der Waals surface area contributed by atoms with Crippen molar-refractivity contribution in [3.05, 3.63) is 111 Å². The van der Waals surface area contributed by atoms with Crippen molar-refractivity contribution in [1.29, 1.82) is 0 Å². The molecule has 0 aliphatic heterocycles. The Morgan fingerprint density at radius 2 is 1.94 bits per heavy atom. The summed E-state index contributed by atoms with van der Waals surface area (Å²) in [7, 11) is 0. The third kappa shape index (κ3) is 5.11. The van der Waals surface area contributed by atoms with Gasteiger partial charge in [0, 0.05) is 17.6 Å². The summed E-state index contributed by atoms with van der Waals surface area (Å²) >= 11 is 0. The molecule has 1 atom stereocenters. The third-order valence-electron chi connectivity index (χ3n) is 6.32. The zero-order valence-electron chi connectivity index (χ0n) is 20.2. The summed E-state index contributed by atoms with van der Waals surface area (Å²) in [5.74, 6) is 1.16. The number of aryl methyl sites for hydroxylation is 1. The molecular weight excluding hydrogens is 459 g/mol. The molecule has 0 unspecified atom stereocenters. The van der Waals surface area contributed by atoms with E-state index in [0.29, 0.717) is 37.4 Å². The predicted molar refractivity (Wildman–Crippen MR) is 134 cm³/mol. The van der Waals surface area contributed by atoms with Crippen LogP contribution in [0.4, 0.5) is 4.39 Å². The highest BCUT2D eigenvalue weighted by atomic mass is 19.1. The van der Waals surface area contributed by atoms with Gasteiger partial charge in [-0.2, -0.15) is 0 Å². The molecule has 3 heterocycles. The lowest BCUT2D eigenvalue weighted by atomic mass is 10.1. The average Bonchev–Trinajstić information content (AvgIpc) is 3.54. The molecule has 0 saturated heterocycles. The summed E-state index contributed by atoms with van der Waals surface area (Å²) in [6.45, 7) is 5.35. The largest absolute Gasteiger partial charge is 0.468 e. The van der Waals surface area contributed by atoms with Crippen LogP contribution in [0.25, 0.3) is 10.9 Å². The number of tetrazole rings is 1. The molecule has 0 bridgehead atoms. The Labute approximate surface area is 207 Å². The first-order valence-corrected chi connectivity index (χ1v) is 11.9. The van der Waals surface area contributed by atoms with Crippen molar-refractivity contribution in [2.75, 3.05) is 0 Å². The fourth-order valence-electron chi connectivity index (χ4n) is 4.52. The molecule has 0 saturated carbocycles. The number of aromatic amines is 1.